The number of halogens is 3. The molecule has 0 saturated heterocycles. The van der Waals surface area contributed by atoms with Crippen LogP contribution in [0.1, 0.15) is 30.8 Å². The van der Waals surface area contributed by atoms with Crippen molar-refractivity contribution in [1.29, 1.82) is 0 Å². The lowest BCUT2D eigenvalue weighted by atomic mass is 10.0. The number of nitrogens with one attached hydrogen (secondary N) is 1. The standard InChI is InChI=1S/C14H17F3N4/c1-2-21-10-19-20-13(21)9-18-12(8-14(15,16)17)11-6-4-3-5-7-11/h3-7,10,12,18H,2,8-9H2,1H3. The summed E-state index contributed by atoms with van der Waals surface area (Å²) in [6.07, 6.45) is -3.58. The molecule has 0 saturated carbocycles. The molecule has 1 heterocycles. The minimum atomic E-state index is -4.23. The number of aryl methyl sites for hydroxylation is 1. The normalized spacial score (nSPS) is 13.3. The highest BCUT2D eigenvalue weighted by Gasteiger charge is 2.32. The molecule has 0 spiro atoms. The summed E-state index contributed by atoms with van der Waals surface area (Å²) in [4.78, 5) is 0. The third-order valence-corrected chi connectivity index (χ3v) is 3.18. The molecule has 4 nitrogen and oxygen atoms in total. The zero-order valence-corrected chi connectivity index (χ0v) is 11.6. The van der Waals surface area contributed by atoms with Crippen LogP contribution in [-0.2, 0) is 13.1 Å². The van der Waals surface area contributed by atoms with Gasteiger partial charge >= 0.3 is 6.18 Å². The molecule has 1 unspecified atom stereocenters. The molecule has 1 N–H and O–H groups in total. The summed E-state index contributed by atoms with van der Waals surface area (Å²) < 4.78 is 40.0. The van der Waals surface area contributed by atoms with E-state index >= 15 is 0 Å². The molecule has 0 aliphatic heterocycles. The highest BCUT2D eigenvalue weighted by Crippen LogP contribution is 2.29. The van der Waals surface area contributed by atoms with E-state index in [1.54, 1.807) is 41.2 Å². The molecule has 0 amide bonds. The molecule has 0 fully saturated rings. The van der Waals surface area contributed by atoms with Crippen LogP contribution in [0.25, 0.3) is 0 Å². The van der Waals surface area contributed by atoms with E-state index < -0.39 is 18.6 Å². The molecule has 1 aromatic heterocycles. The van der Waals surface area contributed by atoms with E-state index in [0.29, 0.717) is 17.9 Å². The van der Waals surface area contributed by atoms with Crippen molar-refractivity contribution in [3.63, 3.8) is 0 Å². The quantitative estimate of drug-likeness (QED) is 0.891. The Morgan fingerprint density at radius 2 is 1.95 bits per heavy atom. The fourth-order valence-electron chi connectivity index (χ4n) is 2.12. The van der Waals surface area contributed by atoms with Gasteiger partial charge in [-0.05, 0) is 12.5 Å². The predicted octanol–water partition coefficient (Wildman–Crippen LogP) is 3.08. The molecule has 1 atom stereocenters. The van der Waals surface area contributed by atoms with Crippen molar-refractivity contribution in [3.05, 3.63) is 48.0 Å². The van der Waals surface area contributed by atoms with Gasteiger partial charge in [0.15, 0.2) is 0 Å². The Bertz CT molecular complexity index is 551. The van der Waals surface area contributed by atoms with Crippen molar-refractivity contribution in [3.8, 4) is 0 Å². The van der Waals surface area contributed by atoms with Crippen molar-refractivity contribution in [2.75, 3.05) is 0 Å². The van der Waals surface area contributed by atoms with Gasteiger partial charge in [0.05, 0.1) is 13.0 Å². The molecule has 0 aliphatic rings. The van der Waals surface area contributed by atoms with Crippen LogP contribution in [0.5, 0.6) is 0 Å². The maximum Gasteiger partial charge on any atom is 0.390 e. The summed E-state index contributed by atoms with van der Waals surface area (Å²) in [6.45, 7) is 2.85. The van der Waals surface area contributed by atoms with Gasteiger partial charge in [0.2, 0.25) is 0 Å². The van der Waals surface area contributed by atoms with E-state index in [-0.39, 0.29) is 6.54 Å². The third-order valence-electron chi connectivity index (χ3n) is 3.18. The average molecular weight is 298 g/mol. The lowest BCUT2D eigenvalue weighted by Crippen LogP contribution is -2.27. The van der Waals surface area contributed by atoms with Gasteiger partial charge in [0.1, 0.15) is 12.2 Å². The van der Waals surface area contributed by atoms with Gasteiger partial charge in [-0.3, -0.25) is 0 Å². The highest BCUT2D eigenvalue weighted by molar-refractivity contribution is 5.19. The van der Waals surface area contributed by atoms with Crippen LogP contribution < -0.4 is 5.32 Å². The largest absolute Gasteiger partial charge is 0.390 e. The Labute approximate surface area is 121 Å². The van der Waals surface area contributed by atoms with Crippen molar-refractivity contribution in [2.45, 2.75) is 38.7 Å². The van der Waals surface area contributed by atoms with Gasteiger partial charge < -0.3 is 9.88 Å². The zero-order chi connectivity index (χ0) is 15.3. The lowest BCUT2D eigenvalue weighted by molar-refractivity contribution is -0.140. The van der Waals surface area contributed by atoms with Gasteiger partial charge in [0.25, 0.3) is 0 Å². The van der Waals surface area contributed by atoms with Crippen LogP contribution in [0.3, 0.4) is 0 Å². The van der Waals surface area contributed by atoms with Gasteiger partial charge in [0, 0.05) is 12.6 Å². The van der Waals surface area contributed by atoms with E-state index in [1.807, 2.05) is 6.92 Å². The molecular weight excluding hydrogens is 281 g/mol. The Kier molecular flexibility index (Phi) is 4.95. The van der Waals surface area contributed by atoms with Crippen molar-refractivity contribution in [1.82, 2.24) is 20.1 Å². The van der Waals surface area contributed by atoms with Crippen molar-refractivity contribution < 1.29 is 13.2 Å². The molecule has 114 valence electrons. The highest BCUT2D eigenvalue weighted by atomic mass is 19.4. The summed E-state index contributed by atoms with van der Waals surface area (Å²) in [5, 5.41) is 10.6. The SMILES string of the molecule is CCn1cnnc1CNC(CC(F)(F)F)c1ccccc1. The molecule has 7 heteroatoms. The Morgan fingerprint density at radius 3 is 2.57 bits per heavy atom. The first-order valence-electron chi connectivity index (χ1n) is 6.71. The minimum Gasteiger partial charge on any atom is -0.317 e. The molecule has 2 rings (SSSR count). The number of benzene rings is 1. The first kappa shape index (κ1) is 15.5. The molecule has 21 heavy (non-hydrogen) atoms. The van der Waals surface area contributed by atoms with Gasteiger partial charge in [-0.25, -0.2) is 0 Å². The van der Waals surface area contributed by atoms with E-state index in [4.69, 9.17) is 0 Å². The van der Waals surface area contributed by atoms with E-state index in [1.165, 1.54) is 0 Å². The molecule has 0 bridgehead atoms. The maximum atomic E-state index is 12.7. The zero-order valence-electron chi connectivity index (χ0n) is 11.6. The number of hydrogen-bond acceptors (Lipinski definition) is 3. The Balaban J connectivity index is 2.09. The maximum absolute atomic E-state index is 12.7. The van der Waals surface area contributed by atoms with Crippen LogP contribution in [0.15, 0.2) is 36.7 Å². The second kappa shape index (κ2) is 6.71. The van der Waals surface area contributed by atoms with Crippen LogP contribution in [0, 0.1) is 0 Å². The lowest BCUT2D eigenvalue weighted by Gasteiger charge is -2.20. The summed E-state index contributed by atoms with van der Waals surface area (Å²) >= 11 is 0. The molecular formula is C14H17F3N4. The Morgan fingerprint density at radius 1 is 1.24 bits per heavy atom. The van der Waals surface area contributed by atoms with Crippen LogP contribution >= 0.6 is 0 Å². The van der Waals surface area contributed by atoms with Crippen molar-refractivity contribution >= 4 is 0 Å². The molecule has 2 aromatic rings. The first-order valence-corrected chi connectivity index (χ1v) is 6.71. The number of aromatic nitrogens is 3. The number of rotatable bonds is 6. The number of hydrogen-bond donors (Lipinski definition) is 1. The smallest absolute Gasteiger partial charge is 0.317 e. The summed E-state index contributed by atoms with van der Waals surface area (Å²) in [7, 11) is 0. The van der Waals surface area contributed by atoms with Gasteiger partial charge in [-0.15, -0.1) is 10.2 Å². The Hall–Kier alpha value is -1.89. The third kappa shape index (κ3) is 4.56. The van der Waals surface area contributed by atoms with Gasteiger partial charge in [-0.1, -0.05) is 30.3 Å². The van der Waals surface area contributed by atoms with E-state index in [9.17, 15) is 13.2 Å². The summed E-state index contributed by atoms with van der Waals surface area (Å²) in [5.41, 5.74) is 0.609. The monoisotopic (exact) mass is 298 g/mol. The molecule has 0 radical (unpaired) electrons. The van der Waals surface area contributed by atoms with Crippen LogP contribution in [-0.4, -0.2) is 20.9 Å². The topological polar surface area (TPSA) is 42.7 Å². The van der Waals surface area contributed by atoms with Crippen LogP contribution in [0.4, 0.5) is 13.2 Å². The second-order valence-corrected chi connectivity index (χ2v) is 4.70. The first-order chi connectivity index (χ1) is 9.99. The number of nitrogens with zero attached hydrogens (tertiary/aromatic N) is 3. The van der Waals surface area contributed by atoms with Crippen LogP contribution in [0.2, 0.25) is 0 Å². The average Bonchev–Trinajstić information content (AvgIpc) is 2.90. The van der Waals surface area contributed by atoms with Gasteiger partial charge in [-0.2, -0.15) is 13.2 Å². The second-order valence-electron chi connectivity index (χ2n) is 4.70. The van der Waals surface area contributed by atoms with E-state index in [0.717, 1.165) is 0 Å². The number of alkyl halides is 3. The van der Waals surface area contributed by atoms with E-state index in [2.05, 4.69) is 15.5 Å². The summed E-state index contributed by atoms with van der Waals surface area (Å²) in [6, 6.07) is 7.82. The fraction of sp³-hybridized carbons (Fsp3) is 0.429. The fourth-order valence-corrected chi connectivity index (χ4v) is 2.12. The van der Waals surface area contributed by atoms with Crippen molar-refractivity contribution in [2.24, 2.45) is 0 Å². The summed E-state index contributed by atoms with van der Waals surface area (Å²) in [5.74, 6) is 0.626. The molecule has 1 aromatic carbocycles. The minimum absolute atomic E-state index is 0.240. The predicted molar refractivity (Wildman–Crippen MR) is 72.4 cm³/mol. The molecule has 0 aliphatic carbocycles.